The second-order valence-electron chi connectivity index (χ2n) is 28.5. The SMILES string of the molecule is CC(C)(C)[SiH](c1ccc(C(=O)NC[C@@H](C(=O)N[C@@H](CCCCNC(=O)CCC(=O)NCCC[C@H](NC(=O)CC[C@H](NC(=O)N[C@@H](CCC(=O)O)C(=O)O)C(=O)O)C(=O)O)C(=O)O)n2cc(CNC(=O)CCP(=O)(O)CN3CCN(CPCCC(=O)O)CCN(CP(=O)(O)CCC(=O)O)CC3)nn2)cc1)C(C)(C)C. The first kappa shape index (κ1) is 93.9. The number of carbonyl (C=O) groups is 14. The van der Waals surface area contributed by atoms with Crippen LogP contribution in [0.4, 0.5) is 4.79 Å². The largest absolute Gasteiger partial charge is 0.481 e. The molecule has 1 aliphatic heterocycles. The lowest BCUT2D eigenvalue weighted by Crippen LogP contribution is -2.51. The fraction of sp³-hybridized carbons (Fsp3) is 0.662. The van der Waals surface area contributed by atoms with Crippen LogP contribution in [-0.2, 0) is 73.2 Å². The van der Waals surface area contributed by atoms with Crippen molar-refractivity contribution in [1.82, 2.24) is 72.2 Å². The Kier molecular flexibility index (Phi) is 40.2. The van der Waals surface area contributed by atoms with Gasteiger partial charge in [0.15, 0.2) is 0 Å². The first-order chi connectivity index (χ1) is 50.4. The van der Waals surface area contributed by atoms with Gasteiger partial charge in [-0.3, -0.25) is 67.0 Å². The van der Waals surface area contributed by atoms with Gasteiger partial charge in [0, 0.05) is 122 Å². The van der Waals surface area contributed by atoms with Crippen molar-refractivity contribution in [2.24, 2.45) is 0 Å². The summed E-state index contributed by atoms with van der Waals surface area (Å²) in [4.78, 5) is 200. The number of carboxylic acid groups (broad SMARTS) is 7. The number of amides is 8. The van der Waals surface area contributed by atoms with E-state index >= 15 is 0 Å². The van der Waals surface area contributed by atoms with Gasteiger partial charge in [-0.15, -0.1) is 13.7 Å². The molecule has 1 fully saturated rings. The fourth-order valence-corrected chi connectivity index (χ4v) is 21.6. The molecule has 0 spiro atoms. The normalized spacial score (nSPS) is 15.9. The Hall–Kier alpha value is -8.35. The first-order valence-corrected chi connectivity index (χ1v) is 42.5. The van der Waals surface area contributed by atoms with Crippen LogP contribution in [-0.4, -0.2) is 288 Å². The topological polar surface area (TPSA) is 592 Å². The Bertz CT molecular complexity index is 3490. The Morgan fingerprint density at radius 2 is 0.963 bits per heavy atom. The molecule has 108 heavy (non-hydrogen) atoms. The van der Waals surface area contributed by atoms with Crippen molar-refractivity contribution in [2.45, 2.75) is 178 Å². The molecule has 0 saturated carbocycles. The molecule has 3 unspecified atom stereocenters. The Labute approximate surface area is 628 Å². The molecule has 17 N–H and O–H groups in total. The maximum Gasteiger partial charge on any atom is 0.326 e. The molecular weight excluding hydrogens is 1500 g/mol. The van der Waals surface area contributed by atoms with E-state index in [2.05, 4.69) is 83.8 Å². The number of hydrogen-bond acceptors (Lipinski definition) is 21. The molecule has 43 heteroatoms. The molecule has 1 aromatic carbocycles. The Morgan fingerprint density at radius 3 is 1.46 bits per heavy atom. The van der Waals surface area contributed by atoms with Crippen molar-refractivity contribution < 1.29 is 122 Å². The summed E-state index contributed by atoms with van der Waals surface area (Å²) in [6.07, 6.45) is -3.03. The second kappa shape index (κ2) is 46.2. The number of carboxylic acids is 7. The average Bonchev–Trinajstić information content (AvgIpc) is 0.946. The van der Waals surface area contributed by atoms with Gasteiger partial charge in [-0.2, -0.15) is 0 Å². The third-order valence-electron chi connectivity index (χ3n) is 17.2. The van der Waals surface area contributed by atoms with Crippen LogP contribution in [0.1, 0.15) is 154 Å². The van der Waals surface area contributed by atoms with Crippen molar-refractivity contribution in [1.29, 1.82) is 0 Å². The van der Waals surface area contributed by atoms with Crippen LogP contribution in [0.3, 0.4) is 0 Å². The smallest absolute Gasteiger partial charge is 0.326 e. The molecule has 8 atom stereocenters. The third-order valence-corrected chi connectivity index (χ3v) is 26.5. The molecule has 2 heterocycles. The van der Waals surface area contributed by atoms with E-state index in [9.17, 15) is 106 Å². The number of aliphatic carboxylic acids is 7. The summed E-state index contributed by atoms with van der Waals surface area (Å²) in [7, 11) is -9.38. The lowest BCUT2D eigenvalue weighted by molar-refractivity contribution is -0.143. The molecule has 2 aromatic rings. The minimum Gasteiger partial charge on any atom is -0.481 e. The zero-order valence-corrected chi connectivity index (χ0v) is 65.6. The molecule has 8 amide bonds. The van der Waals surface area contributed by atoms with Crippen molar-refractivity contribution >= 4 is 121 Å². The zero-order valence-electron chi connectivity index (χ0n) is 61.7. The van der Waals surface area contributed by atoms with Crippen LogP contribution in [0.25, 0.3) is 0 Å². The van der Waals surface area contributed by atoms with Gasteiger partial charge in [0.25, 0.3) is 5.91 Å². The average molecular weight is 1610 g/mol. The first-order valence-electron chi connectivity index (χ1n) is 35.3. The van der Waals surface area contributed by atoms with Crippen LogP contribution in [0.5, 0.6) is 0 Å². The van der Waals surface area contributed by atoms with Crippen LogP contribution in [0, 0.1) is 0 Å². The number of hydrogen-bond donors (Lipinski definition) is 17. The van der Waals surface area contributed by atoms with Crippen LogP contribution in [0.15, 0.2) is 30.5 Å². The molecule has 0 bridgehead atoms. The lowest BCUT2D eigenvalue weighted by Gasteiger charge is -2.39. The van der Waals surface area contributed by atoms with Gasteiger partial charge in [-0.05, 0) is 73.3 Å². The van der Waals surface area contributed by atoms with Crippen LogP contribution >= 0.6 is 23.3 Å². The minimum atomic E-state index is -4.07. The minimum absolute atomic E-state index is 0.00318. The molecule has 3 rings (SSSR count). The number of carbonyl (C=O) groups excluding carboxylic acids is 7. The highest BCUT2D eigenvalue weighted by molar-refractivity contribution is 7.58. The summed E-state index contributed by atoms with van der Waals surface area (Å²) in [5.74, 6) is -13.7. The van der Waals surface area contributed by atoms with Crippen molar-refractivity contribution in [3.63, 3.8) is 0 Å². The van der Waals surface area contributed by atoms with E-state index in [0.717, 1.165) is 9.87 Å². The van der Waals surface area contributed by atoms with E-state index in [-0.39, 0.29) is 127 Å². The second-order valence-corrected chi connectivity index (χ2v) is 39.7. The maximum atomic E-state index is 14.2. The molecule has 0 radical (unpaired) electrons. The molecule has 606 valence electrons. The van der Waals surface area contributed by atoms with Gasteiger partial charge in [0.1, 0.15) is 35.9 Å². The third kappa shape index (κ3) is 38.1. The lowest BCUT2D eigenvalue weighted by atomic mass is 10.1. The highest BCUT2D eigenvalue weighted by atomic mass is 31.2. The molecule has 1 saturated heterocycles. The van der Waals surface area contributed by atoms with E-state index in [1.165, 1.54) is 6.20 Å². The van der Waals surface area contributed by atoms with Gasteiger partial charge in [-0.25, -0.2) is 28.7 Å². The predicted octanol–water partition coefficient (Wildman–Crippen LogP) is 0.203. The fourth-order valence-electron chi connectivity index (χ4n) is 12.0. The molecular formula is C65H107N14O25P3Si. The number of rotatable bonds is 49. The summed E-state index contributed by atoms with van der Waals surface area (Å²) in [6, 6.07) is -1.86. The summed E-state index contributed by atoms with van der Waals surface area (Å²) >= 11 is 0. The van der Waals surface area contributed by atoms with Gasteiger partial charge < -0.3 is 88.1 Å². The van der Waals surface area contributed by atoms with Gasteiger partial charge in [-0.1, -0.05) is 64.1 Å². The van der Waals surface area contributed by atoms with Crippen LogP contribution in [0.2, 0.25) is 10.1 Å². The number of unbranched alkanes of at least 4 members (excludes halogenated alkanes) is 1. The van der Waals surface area contributed by atoms with Crippen molar-refractivity contribution in [3.05, 3.63) is 41.7 Å². The van der Waals surface area contributed by atoms with E-state index in [1.54, 1.807) is 21.9 Å². The number of aromatic nitrogens is 3. The zero-order chi connectivity index (χ0) is 81.1. The monoisotopic (exact) mass is 1600 g/mol. The molecule has 0 aliphatic carbocycles. The van der Waals surface area contributed by atoms with Crippen molar-refractivity contribution in [3.8, 4) is 0 Å². The molecule has 1 aromatic heterocycles. The maximum absolute atomic E-state index is 14.2. The predicted molar refractivity (Wildman–Crippen MR) is 395 cm³/mol. The number of urea groups is 1. The quantitative estimate of drug-likeness (QED) is 0.0239. The summed E-state index contributed by atoms with van der Waals surface area (Å²) < 4.78 is 27.9. The summed E-state index contributed by atoms with van der Waals surface area (Å²) in [5, 5.41) is 94.2. The number of nitrogens with one attached hydrogen (secondary N) is 8. The number of nitrogens with zero attached hydrogens (tertiary/aromatic N) is 6. The summed E-state index contributed by atoms with van der Waals surface area (Å²) in [5.41, 5.74) is 0.379. The van der Waals surface area contributed by atoms with E-state index < -0.39 is 194 Å². The molecule has 39 nitrogen and oxygen atoms in total. The van der Waals surface area contributed by atoms with Gasteiger partial charge >= 0.3 is 47.8 Å². The standard InChI is InChI=1S/C65H107N14O25P3Si/c1-64(2,3)108(65(4,5)6)44-14-12-42(13-15-44)57(90)69-37-49(79-38-43(74-75-79)36-68-52(82)23-34-106(101,102)40-77-29-27-76(39-105-33-22-55(86)87)28-30-78(32-31-77)41-107(103,104)35-24-56(88)89)58(91)71-46(60(94)95)10-7-8-25-66-50(80)19-20-51(81)67-26-9-11-45(59(92)93)70-53(83)18-16-47(61(96)97)72-63(100)73-48(62(98)99)17-21-54(84)85/h12-15,38,45-49,105,108H,7-11,16-37,39-41H2,1-6H3,(H,66,80)(H,67,81)(H,68,82)(H,69,90)(H,70,83)(H,71,91)(H,84,85)(H,86,87)(H,88,89)(H,92,93)(H,94,95)(H,96,97)(H,98,99)(H,101,102)(H,103,104)(H2,72,73,100)/t45-,46-,47-,48-,49-/m0/s1. The Balaban J connectivity index is 1.61. The van der Waals surface area contributed by atoms with Crippen molar-refractivity contribution in [2.75, 3.05) is 96.2 Å². The highest BCUT2D eigenvalue weighted by Crippen LogP contribution is 2.44. The highest BCUT2D eigenvalue weighted by Gasteiger charge is 2.38. The number of benzene rings is 1. The van der Waals surface area contributed by atoms with E-state index in [0.29, 0.717) is 38.6 Å². The van der Waals surface area contributed by atoms with Crippen LogP contribution < -0.4 is 47.7 Å². The van der Waals surface area contributed by atoms with E-state index in [4.69, 9.17) is 15.3 Å². The van der Waals surface area contributed by atoms with Gasteiger partial charge in [0.2, 0.25) is 44.3 Å². The Morgan fingerprint density at radius 1 is 0.509 bits per heavy atom. The van der Waals surface area contributed by atoms with Gasteiger partial charge in [0.05, 0.1) is 40.5 Å². The van der Waals surface area contributed by atoms with E-state index in [1.807, 2.05) is 27.7 Å². The summed E-state index contributed by atoms with van der Waals surface area (Å²) in [6.45, 7) is 14.2. The molecule has 1 aliphatic rings.